The number of thiazole rings is 1. The fourth-order valence-electron chi connectivity index (χ4n) is 1.58. The molecule has 0 amide bonds. The van der Waals surface area contributed by atoms with Gasteiger partial charge < -0.3 is 15.2 Å². The van der Waals surface area contributed by atoms with Crippen LogP contribution in [0.5, 0.6) is 5.75 Å². The minimum absolute atomic E-state index is 0.222. The maximum absolute atomic E-state index is 8.68. The molecule has 1 aromatic heterocycles. The van der Waals surface area contributed by atoms with Gasteiger partial charge in [-0.25, -0.2) is 4.98 Å². The summed E-state index contributed by atoms with van der Waals surface area (Å²) in [7, 11) is 0. The third-order valence-electron chi connectivity index (χ3n) is 2.52. The van der Waals surface area contributed by atoms with Gasteiger partial charge in [0.05, 0.1) is 5.69 Å². The van der Waals surface area contributed by atoms with Gasteiger partial charge in [-0.3, -0.25) is 0 Å². The van der Waals surface area contributed by atoms with Crippen LogP contribution in [0, 0.1) is 0 Å². The number of aliphatic hydroxyl groups is 1. The summed E-state index contributed by atoms with van der Waals surface area (Å²) >= 11 is 1.61. The van der Waals surface area contributed by atoms with E-state index in [-0.39, 0.29) is 6.61 Å². The van der Waals surface area contributed by atoms with Crippen molar-refractivity contribution in [1.29, 1.82) is 0 Å². The van der Waals surface area contributed by atoms with Crippen LogP contribution in [0.1, 0.15) is 17.1 Å². The number of aliphatic hydroxyl groups excluding tert-OH is 1. The lowest BCUT2D eigenvalue weighted by molar-refractivity contribution is 0.286. The van der Waals surface area contributed by atoms with E-state index in [2.05, 4.69) is 10.3 Å². The molecule has 2 rings (SSSR count). The third kappa shape index (κ3) is 4.98. The van der Waals surface area contributed by atoms with Gasteiger partial charge in [0.15, 0.2) is 0 Å². The molecule has 0 atom stereocenters. The standard InChI is InChI=1S/C14H18N2O2S/c17-8-4-7-15-9-12-11-19-14(16-12)10-18-13-5-2-1-3-6-13/h1-3,5-6,11,15,17H,4,7-10H2. The molecule has 19 heavy (non-hydrogen) atoms. The van der Waals surface area contributed by atoms with E-state index in [1.54, 1.807) is 11.3 Å². The van der Waals surface area contributed by atoms with Crippen LogP contribution in [0.4, 0.5) is 0 Å². The zero-order chi connectivity index (χ0) is 13.3. The van der Waals surface area contributed by atoms with Crippen LogP contribution < -0.4 is 10.1 Å². The molecule has 0 unspecified atom stereocenters. The maximum Gasteiger partial charge on any atom is 0.140 e. The number of ether oxygens (including phenoxy) is 1. The van der Waals surface area contributed by atoms with E-state index in [0.717, 1.165) is 36.0 Å². The highest BCUT2D eigenvalue weighted by molar-refractivity contribution is 7.09. The summed E-state index contributed by atoms with van der Waals surface area (Å²) in [5.41, 5.74) is 1.02. The van der Waals surface area contributed by atoms with Crippen molar-refractivity contribution in [3.8, 4) is 5.75 Å². The number of nitrogens with zero attached hydrogens (tertiary/aromatic N) is 1. The second-order valence-electron chi connectivity index (χ2n) is 4.09. The lowest BCUT2D eigenvalue weighted by Crippen LogP contribution is -2.15. The molecule has 0 saturated heterocycles. The van der Waals surface area contributed by atoms with Crippen molar-refractivity contribution in [3.05, 3.63) is 46.4 Å². The Balaban J connectivity index is 1.74. The van der Waals surface area contributed by atoms with Crippen molar-refractivity contribution in [1.82, 2.24) is 10.3 Å². The molecule has 2 aromatic rings. The summed E-state index contributed by atoms with van der Waals surface area (Å²) in [4.78, 5) is 4.49. The molecule has 0 saturated carbocycles. The fourth-order valence-corrected chi connectivity index (χ4v) is 2.28. The Hall–Kier alpha value is -1.43. The normalized spacial score (nSPS) is 10.6. The lowest BCUT2D eigenvalue weighted by atomic mass is 10.3. The zero-order valence-corrected chi connectivity index (χ0v) is 11.5. The Morgan fingerprint density at radius 1 is 1.26 bits per heavy atom. The molecule has 0 aliphatic rings. The molecule has 0 radical (unpaired) electrons. The molecule has 0 aliphatic heterocycles. The molecule has 2 N–H and O–H groups in total. The van der Waals surface area contributed by atoms with Crippen LogP contribution >= 0.6 is 11.3 Å². The van der Waals surface area contributed by atoms with E-state index in [9.17, 15) is 0 Å². The largest absolute Gasteiger partial charge is 0.486 e. The maximum atomic E-state index is 8.68. The number of para-hydroxylation sites is 1. The van der Waals surface area contributed by atoms with E-state index in [1.807, 2.05) is 35.7 Å². The number of benzene rings is 1. The number of hydrogen-bond donors (Lipinski definition) is 2. The number of rotatable bonds is 8. The molecule has 0 aliphatic carbocycles. The molecule has 5 heteroatoms. The van der Waals surface area contributed by atoms with Gasteiger partial charge in [-0.1, -0.05) is 18.2 Å². The first kappa shape index (κ1) is 14.0. The van der Waals surface area contributed by atoms with Crippen molar-refractivity contribution in [2.45, 2.75) is 19.6 Å². The quantitative estimate of drug-likeness (QED) is 0.727. The minimum Gasteiger partial charge on any atom is -0.486 e. The van der Waals surface area contributed by atoms with E-state index in [0.29, 0.717) is 6.61 Å². The first-order valence-electron chi connectivity index (χ1n) is 6.31. The summed E-state index contributed by atoms with van der Waals surface area (Å²) in [5.74, 6) is 0.861. The van der Waals surface area contributed by atoms with Crippen molar-refractivity contribution in [2.75, 3.05) is 13.2 Å². The van der Waals surface area contributed by atoms with Gasteiger partial charge in [0, 0.05) is 18.5 Å². The molecule has 4 nitrogen and oxygen atoms in total. The highest BCUT2D eigenvalue weighted by atomic mass is 32.1. The predicted octanol–water partition coefficient (Wildman–Crippen LogP) is 2.19. The van der Waals surface area contributed by atoms with E-state index >= 15 is 0 Å². The average Bonchev–Trinajstić information content (AvgIpc) is 2.91. The molecule has 0 spiro atoms. The Bertz CT molecular complexity index is 473. The van der Waals surface area contributed by atoms with Gasteiger partial charge in [0.25, 0.3) is 0 Å². The lowest BCUT2D eigenvalue weighted by Gasteiger charge is -2.03. The van der Waals surface area contributed by atoms with Crippen LogP contribution in [0.15, 0.2) is 35.7 Å². The highest BCUT2D eigenvalue weighted by Gasteiger charge is 2.02. The summed E-state index contributed by atoms with van der Waals surface area (Å²) in [6.45, 7) is 2.28. The van der Waals surface area contributed by atoms with Crippen LogP contribution in [0.3, 0.4) is 0 Å². The Kier molecular flexibility index (Phi) is 5.81. The fraction of sp³-hybridized carbons (Fsp3) is 0.357. The summed E-state index contributed by atoms with van der Waals surface area (Å²) in [6, 6.07) is 9.74. The second kappa shape index (κ2) is 7.89. The molecule has 1 aromatic carbocycles. The topological polar surface area (TPSA) is 54.4 Å². The molecular formula is C14H18N2O2S. The zero-order valence-electron chi connectivity index (χ0n) is 10.7. The van der Waals surface area contributed by atoms with Gasteiger partial charge in [-0.2, -0.15) is 0 Å². The van der Waals surface area contributed by atoms with Crippen LogP contribution in [0.25, 0.3) is 0 Å². The van der Waals surface area contributed by atoms with E-state index in [1.165, 1.54) is 0 Å². The monoisotopic (exact) mass is 278 g/mol. The number of aromatic nitrogens is 1. The van der Waals surface area contributed by atoms with Crippen LogP contribution in [-0.2, 0) is 13.2 Å². The SMILES string of the molecule is OCCCNCc1csc(COc2ccccc2)n1. The predicted molar refractivity (Wildman–Crippen MR) is 76.3 cm³/mol. The second-order valence-corrected chi connectivity index (χ2v) is 5.03. The smallest absolute Gasteiger partial charge is 0.140 e. The van der Waals surface area contributed by atoms with Gasteiger partial charge in [0.2, 0.25) is 0 Å². The third-order valence-corrected chi connectivity index (χ3v) is 3.39. The van der Waals surface area contributed by atoms with Crippen molar-refractivity contribution >= 4 is 11.3 Å². The van der Waals surface area contributed by atoms with E-state index < -0.39 is 0 Å². The molecule has 1 heterocycles. The molecule has 0 fully saturated rings. The number of hydrogen-bond acceptors (Lipinski definition) is 5. The first-order valence-corrected chi connectivity index (χ1v) is 7.19. The Morgan fingerprint density at radius 3 is 2.89 bits per heavy atom. The van der Waals surface area contributed by atoms with Crippen molar-refractivity contribution in [3.63, 3.8) is 0 Å². The summed E-state index contributed by atoms with van der Waals surface area (Å²) in [6.07, 6.45) is 0.772. The molecule has 0 bridgehead atoms. The van der Waals surface area contributed by atoms with Crippen molar-refractivity contribution < 1.29 is 9.84 Å². The van der Waals surface area contributed by atoms with Gasteiger partial charge in [0.1, 0.15) is 17.4 Å². The summed E-state index contributed by atoms with van der Waals surface area (Å²) < 4.78 is 5.64. The average molecular weight is 278 g/mol. The highest BCUT2D eigenvalue weighted by Crippen LogP contribution is 2.14. The molecular weight excluding hydrogens is 260 g/mol. The Labute approximate surface area is 117 Å². The Morgan fingerprint density at radius 2 is 2.11 bits per heavy atom. The summed E-state index contributed by atoms with van der Waals surface area (Å²) in [5, 5.41) is 14.9. The van der Waals surface area contributed by atoms with Gasteiger partial charge in [-0.05, 0) is 25.1 Å². The van der Waals surface area contributed by atoms with E-state index in [4.69, 9.17) is 9.84 Å². The number of nitrogens with one attached hydrogen (secondary N) is 1. The van der Waals surface area contributed by atoms with Crippen molar-refractivity contribution in [2.24, 2.45) is 0 Å². The van der Waals surface area contributed by atoms with Gasteiger partial charge in [-0.15, -0.1) is 11.3 Å². The van der Waals surface area contributed by atoms with Crippen LogP contribution in [0.2, 0.25) is 0 Å². The minimum atomic E-state index is 0.222. The molecule has 102 valence electrons. The van der Waals surface area contributed by atoms with Gasteiger partial charge >= 0.3 is 0 Å². The van der Waals surface area contributed by atoms with Crippen LogP contribution in [-0.4, -0.2) is 23.2 Å². The first-order chi connectivity index (χ1) is 9.38.